The Morgan fingerprint density at radius 3 is 2.38 bits per heavy atom. The highest BCUT2D eigenvalue weighted by Crippen LogP contribution is 2.66. The Balaban J connectivity index is 1.96. The monoisotopic (exact) mass is 491 g/mol. The molecule has 0 saturated carbocycles. The number of β-amino-alcohol motifs (C(OH)–C–C–N with tert-alkyl or cyclic N) is 1. The average Bonchev–Trinajstić information content (AvgIpc) is 3.46. The summed E-state index contributed by atoms with van der Waals surface area (Å²) in [6.45, 7) is 13.8. The predicted octanol–water partition coefficient (Wildman–Crippen LogP) is 2.70. The fourth-order valence-electron chi connectivity index (χ4n) is 6.16. The molecule has 7 nitrogen and oxygen atoms in total. The second-order valence-electron chi connectivity index (χ2n) is 9.66. The fourth-order valence-corrected chi connectivity index (χ4v) is 8.37. The van der Waals surface area contributed by atoms with Gasteiger partial charge in [0.1, 0.15) is 6.04 Å². The first-order valence-electron chi connectivity index (χ1n) is 12.8. The molecule has 2 bridgehead atoms. The third kappa shape index (κ3) is 4.68. The number of carbonyl (C=O) groups is 3. The van der Waals surface area contributed by atoms with Gasteiger partial charge in [-0.05, 0) is 25.7 Å². The minimum absolute atomic E-state index is 0.00196. The lowest BCUT2D eigenvalue weighted by Crippen LogP contribution is -2.55. The van der Waals surface area contributed by atoms with Gasteiger partial charge in [0.2, 0.25) is 17.7 Å². The van der Waals surface area contributed by atoms with Gasteiger partial charge in [0.05, 0.1) is 23.2 Å². The van der Waals surface area contributed by atoms with E-state index < -0.39 is 22.6 Å². The highest BCUT2D eigenvalue weighted by molar-refractivity contribution is 8.02. The summed E-state index contributed by atoms with van der Waals surface area (Å²) < 4.78 is -0.607. The van der Waals surface area contributed by atoms with Gasteiger partial charge >= 0.3 is 0 Å². The van der Waals surface area contributed by atoms with Crippen molar-refractivity contribution in [2.75, 3.05) is 39.3 Å². The minimum Gasteiger partial charge on any atom is -0.395 e. The van der Waals surface area contributed by atoms with Crippen LogP contribution in [-0.2, 0) is 14.4 Å². The average molecular weight is 492 g/mol. The number of unbranched alkanes of at least 4 members (excludes halogenated alkanes) is 2. The molecule has 0 aliphatic carbocycles. The van der Waals surface area contributed by atoms with Crippen LogP contribution in [0.25, 0.3) is 0 Å². The van der Waals surface area contributed by atoms with Crippen LogP contribution in [0.4, 0.5) is 0 Å². The molecular weight excluding hydrogens is 450 g/mol. The molecule has 3 fully saturated rings. The Labute approximate surface area is 208 Å². The van der Waals surface area contributed by atoms with Gasteiger partial charge in [0.15, 0.2) is 0 Å². The predicted molar refractivity (Wildman–Crippen MR) is 136 cm³/mol. The Kier molecular flexibility index (Phi) is 9.27. The molecule has 1 spiro atoms. The molecule has 0 radical (unpaired) electrons. The fraction of sp³-hybridized carbons (Fsp3) is 0.731. The first kappa shape index (κ1) is 26.8. The SMILES string of the molecule is C=CCN(CCCCC)C(=O)C1N(CCO)C(=O)[C@@H]2[C@H](C(=O)N(CC=C)CCC)[C@@H]3CCC12S3. The molecule has 2 unspecified atom stereocenters. The first-order chi connectivity index (χ1) is 16.4. The molecule has 3 amide bonds. The van der Waals surface area contributed by atoms with Crippen LogP contribution in [0.15, 0.2) is 25.3 Å². The molecule has 0 aromatic carbocycles. The lowest BCUT2D eigenvalue weighted by atomic mass is 9.70. The first-order valence-corrected chi connectivity index (χ1v) is 13.7. The van der Waals surface area contributed by atoms with Gasteiger partial charge in [-0.25, -0.2) is 0 Å². The number of carbonyl (C=O) groups excluding carboxylic acids is 3. The van der Waals surface area contributed by atoms with Gasteiger partial charge < -0.3 is 19.8 Å². The molecule has 190 valence electrons. The Morgan fingerprint density at radius 2 is 1.79 bits per heavy atom. The van der Waals surface area contributed by atoms with Crippen molar-refractivity contribution in [3.8, 4) is 0 Å². The zero-order valence-corrected chi connectivity index (χ0v) is 21.6. The topological polar surface area (TPSA) is 81.2 Å². The lowest BCUT2D eigenvalue weighted by molar-refractivity contribution is -0.145. The third-order valence-electron chi connectivity index (χ3n) is 7.51. The number of hydrogen-bond donors (Lipinski definition) is 1. The summed E-state index contributed by atoms with van der Waals surface area (Å²) in [4.78, 5) is 46.7. The standard InChI is InChI=1S/C26H41N3O4S/c1-5-9-10-16-28(15-8-4)25(33)22-26-12-11-19(34-26)20(21(26)24(32)29(22)17-18-30)23(31)27(13-6-2)14-7-3/h6,8,19-22,30H,2,4-5,7,9-18H2,1,3H3/t19-,20+,21-,22?,26?/m0/s1. The number of hydrogen-bond acceptors (Lipinski definition) is 5. The number of likely N-dealkylation sites (tertiary alicyclic amines) is 1. The molecule has 3 heterocycles. The van der Waals surface area contributed by atoms with Crippen molar-refractivity contribution in [2.24, 2.45) is 11.8 Å². The van der Waals surface area contributed by atoms with Gasteiger partial charge in [-0.3, -0.25) is 14.4 Å². The largest absolute Gasteiger partial charge is 0.395 e. The Hall–Kier alpha value is -1.80. The van der Waals surface area contributed by atoms with Crippen LogP contribution in [0.5, 0.6) is 0 Å². The van der Waals surface area contributed by atoms with E-state index >= 15 is 0 Å². The number of aliphatic hydroxyl groups is 1. The van der Waals surface area contributed by atoms with Crippen molar-refractivity contribution in [2.45, 2.75) is 68.4 Å². The van der Waals surface area contributed by atoms with Crippen LogP contribution < -0.4 is 0 Å². The van der Waals surface area contributed by atoms with E-state index in [1.165, 1.54) is 0 Å². The van der Waals surface area contributed by atoms with Crippen LogP contribution in [0, 0.1) is 11.8 Å². The lowest BCUT2D eigenvalue weighted by Gasteiger charge is -2.37. The highest BCUT2D eigenvalue weighted by atomic mass is 32.2. The van der Waals surface area contributed by atoms with E-state index in [-0.39, 0.29) is 36.1 Å². The molecular formula is C26H41N3O4S. The Morgan fingerprint density at radius 1 is 1.12 bits per heavy atom. The molecule has 3 rings (SSSR count). The van der Waals surface area contributed by atoms with Crippen molar-refractivity contribution < 1.29 is 19.5 Å². The van der Waals surface area contributed by atoms with Crippen LogP contribution in [-0.4, -0.2) is 92.9 Å². The quantitative estimate of drug-likeness (QED) is 0.299. The van der Waals surface area contributed by atoms with E-state index in [0.717, 1.165) is 38.5 Å². The molecule has 3 aliphatic rings. The van der Waals surface area contributed by atoms with Crippen molar-refractivity contribution >= 4 is 29.5 Å². The summed E-state index contributed by atoms with van der Waals surface area (Å²) in [5.41, 5.74) is 0. The molecule has 1 N–H and O–H groups in total. The molecule has 0 aromatic heterocycles. The van der Waals surface area contributed by atoms with Gasteiger partial charge in [-0.2, -0.15) is 0 Å². The molecule has 3 aliphatic heterocycles. The third-order valence-corrected chi connectivity index (χ3v) is 9.46. The van der Waals surface area contributed by atoms with Crippen LogP contribution >= 0.6 is 11.8 Å². The summed E-state index contributed by atoms with van der Waals surface area (Å²) >= 11 is 1.68. The van der Waals surface area contributed by atoms with E-state index in [1.807, 2.05) is 11.8 Å². The summed E-state index contributed by atoms with van der Waals surface area (Å²) in [5, 5.41) is 9.81. The van der Waals surface area contributed by atoms with Gasteiger partial charge in [-0.1, -0.05) is 38.8 Å². The number of nitrogens with zero attached hydrogens (tertiary/aromatic N) is 3. The number of fused-ring (bicyclic) bond motifs is 1. The van der Waals surface area contributed by atoms with Crippen LogP contribution in [0.1, 0.15) is 52.4 Å². The van der Waals surface area contributed by atoms with E-state index in [4.69, 9.17) is 0 Å². The van der Waals surface area contributed by atoms with Gasteiger partial charge in [0, 0.05) is 38.0 Å². The van der Waals surface area contributed by atoms with Gasteiger partial charge in [-0.15, -0.1) is 24.9 Å². The summed E-state index contributed by atoms with van der Waals surface area (Å²) in [6, 6.07) is -0.648. The second-order valence-corrected chi connectivity index (χ2v) is 11.3. The molecule has 3 saturated heterocycles. The van der Waals surface area contributed by atoms with Crippen molar-refractivity contribution in [3.05, 3.63) is 25.3 Å². The zero-order valence-electron chi connectivity index (χ0n) is 20.8. The van der Waals surface area contributed by atoms with Crippen molar-refractivity contribution in [1.29, 1.82) is 0 Å². The van der Waals surface area contributed by atoms with Crippen LogP contribution in [0.3, 0.4) is 0 Å². The Bertz CT molecular complexity index is 790. The van der Waals surface area contributed by atoms with E-state index in [2.05, 4.69) is 20.1 Å². The van der Waals surface area contributed by atoms with Crippen molar-refractivity contribution in [1.82, 2.24) is 14.7 Å². The normalized spacial score (nSPS) is 29.3. The molecule has 34 heavy (non-hydrogen) atoms. The maximum absolute atomic E-state index is 14.0. The maximum Gasteiger partial charge on any atom is 0.247 e. The number of amides is 3. The summed E-state index contributed by atoms with van der Waals surface area (Å²) in [7, 11) is 0. The number of rotatable bonds is 14. The summed E-state index contributed by atoms with van der Waals surface area (Å²) in [5.74, 6) is -1.16. The zero-order chi connectivity index (χ0) is 24.9. The second kappa shape index (κ2) is 11.8. The highest BCUT2D eigenvalue weighted by Gasteiger charge is 2.73. The summed E-state index contributed by atoms with van der Waals surface area (Å²) in [6.07, 6.45) is 8.85. The number of thioether (sulfide) groups is 1. The maximum atomic E-state index is 14.0. The van der Waals surface area contributed by atoms with Crippen LogP contribution in [0.2, 0.25) is 0 Å². The van der Waals surface area contributed by atoms with Gasteiger partial charge in [0.25, 0.3) is 0 Å². The smallest absolute Gasteiger partial charge is 0.247 e. The minimum atomic E-state index is -0.648. The van der Waals surface area contributed by atoms with E-state index in [9.17, 15) is 19.5 Å². The van der Waals surface area contributed by atoms with E-state index in [1.54, 1.807) is 33.7 Å². The molecule has 8 heteroatoms. The molecule has 5 atom stereocenters. The van der Waals surface area contributed by atoms with Crippen molar-refractivity contribution in [3.63, 3.8) is 0 Å². The molecule has 0 aromatic rings. The number of aliphatic hydroxyl groups excluding tert-OH is 1. The van der Waals surface area contributed by atoms with E-state index in [0.29, 0.717) is 26.2 Å².